The van der Waals surface area contributed by atoms with Gasteiger partial charge in [-0.1, -0.05) is 42.5 Å². The smallest absolute Gasteiger partial charge is 0.330 e. The van der Waals surface area contributed by atoms with E-state index in [0.717, 1.165) is 5.56 Å². The molecule has 5 heteroatoms. The second kappa shape index (κ2) is 8.29. The van der Waals surface area contributed by atoms with Crippen LogP contribution in [0.3, 0.4) is 0 Å². The fraction of sp³-hybridized carbons (Fsp3) is 0.333. The van der Waals surface area contributed by atoms with Crippen molar-refractivity contribution in [2.45, 2.75) is 32.4 Å². The highest BCUT2D eigenvalue weighted by Gasteiger charge is 2.24. The maximum absolute atomic E-state index is 12.1. The monoisotopic (exact) mass is 317 g/mol. The summed E-state index contributed by atoms with van der Waals surface area (Å²) in [5.74, 6) is -0.920. The van der Waals surface area contributed by atoms with E-state index in [1.165, 1.54) is 13.2 Å². The van der Waals surface area contributed by atoms with Crippen molar-refractivity contribution in [1.82, 2.24) is 0 Å². The van der Waals surface area contributed by atoms with Crippen LogP contribution in [0, 0.1) is 0 Å². The molecule has 5 nitrogen and oxygen atoms in total. The lowest BCUT2D eigenvalue weighted by Gasteiger charge is -2.23. The normalized spacial score (nSPS) is 13.3. The van der Waals surface area contributed by atoms with Crippen LogP contribution in [0.4, 0.5) is 0 Å². The highest BCUT2D eigenvalue weighted by molar-refractivity contribution is 5.82. The van der Waals surface area contributed by atoms with Gasteiger partial charge in [-0.3, -0.25) is 0 Å². The lowest BCUT2D eigenvalue weighted by molar-refractivity contribution is -0.156. The summed E-state index contributed by atoms with van der Waals surface area (Å²) in [4.78, 5) is 23.1. The molecule has 0 radical (unpaired) electrons. The first kappa shape index (κ1) is 18.6. The fourth-order valence-electron chi connectivity index (χ4n) is 1.80. The zero-order valence-electron chi connectivity index (χ0n) is 13.9. The van der Waals surface area contributed by atoms with E-state index in [2.05, 4.69) is 4.74 Å². The van der Waals surface area contributed by atoms with Crippen LogP contribution in [0.1, 0.15) is 37.9 Å². The molecule has 0 amide bonds. The number of hydrogen-bond acceptors (Lipinski definition) is 5. The Bertz CT molecular complexity index is 612. The lowest BCUT2D eigenvalue weighted by Crippen LogP contribution is -2.31. The molecule has 0 saturated heterocycles. The van der Waals surface area contributed by atoms with E-state index < -0.39 is 23.6 Å². The van der Waals surface area contributed by atoms with E-state index in [-0.39, 0.29) is 0 Å². The van der Waals surface area contributed by atoms with Crippen molar-refractivity contribution < 1.29 is 19.1 Å². The molecule has 2 N–H and O–H groups in total. The summed E-state index contributed by atoms with van der Waals surface area (Å²) in [7, 11) is 1.31. The van der Waals surface area contributed by atoms with Crippen LogP contribution in [0.5, 0.6) is 0 Å². The van der Waals surface area contributed by atoms with Gasteiger partial charge in [-0.15, -0.1) is 0 Å². The molecule has 0 aromatic heterocycles. The summed E-state index contributed by atoms with van der Waals surface area (Å²) in [6.45, 7) is 5.38. The predicted octanol–water partition coefficient (Wildman–Crippen LogP) is 2.77. The predicted molar refractivity (Wildman–Crippen MR) is 89.4 cm³/mol. The van der Waals surface area contributed by atoms with E-state index in [4.69, 9.17) is 10.5 Å². The Morgan fingerprint density at radius 3 is 2.43 bits per heavy atom. The molecule has 1 unspecified atom stereocenters. The minimum atomic E-state index is -0.875. The van der Waals surface area contributed by atoms with Gasteiger partial charge in [0.2, 0.25) is 0 Å². The van der Waals surface area contributed by atoms with Gasteiger partial charge >= 0.3 is 11.9 Å². The number of carbonyl (C=O) groups is 2. The van der Waals surface area contributed by atoms with Crippen molar-refractivity contribution in [3.05, 3.63) is 53.6 Å². The number of methoxy groups -OCH3 is 1. The first-order chi connectivity index (χ1) is 10.7. The minimum Gasteiger partial charge on any atom is -0.466 e. The molecule has 0 fully saturated rings. The molecule has 1 atom stereocenters. The van der Waals surface area contributed by atoms with Gasteiger partial charge in [0.15, 0.2) is 0 Å². The van der Waals surface area contributed by atoms with E-state index in [0.29, 0.717) is 5.56 Å². The molecule has 0 aliphatic rings. The highest BCUT2D eigenvalue weighted by atomic mass is 16.6. The zero-order valence-corrected chi connectivity index (χ0v) is 13.9. The van der Waals surface area contributed by atoms with Gasteiger partial charge in [-0.2, -0.15) is 0 Å². The first-order valence-electron chi connectivity index (χ1n) is 7.24. The Labute approximate surface area is 136 Å². The molecule has 124 valence electrons. The van der Waals surface area contributed by atoms with Crippen molar-refractivity contribution in [2.75, 3.05) is 7.11 Å². The molecule has 0 saturated carbocycles. The first-order valence-corrected chi connectivity index (χ1v) is 7.24. The fourth-order valence-corrected chi connectivity index (χ4v) is 1.80. The quantitative estimate of drug-likeness (QED) is 0.513. The van der Waals surface area contributed by atoms with Crippen molar-refractivity contribution in [3.8, 4) is 0 Å². The molecule has 0 aliphatic carbocycles. The van der Waals surface area contributed by atoms with Gasteiger partial charge in [0, 0.05) is 6.08 Å². The minimum absolute atomic E-state index is 0.437. The summed E-state index contributed by atoms with van der Waals surface area (Å²) < 4.78 is 9.82. The van der Waals surface area contributed by atoms with Crippen LogP contribution in [0.15, 0.2) is 42.5 Å². The van der Waals surface area contributed by atoms with Gasteiger partial charge < -0.3 is 15.2 Å². The Morgan fingerprint density at radius 1 is 1.17 bits per heavy atom. The lowest BCUT2D eigenvalue weighted by atomic mass is 10.00. The summed E-state index contributed by atoms with van der Waals surface area (Å²) in [5.41, 5.74) is 6.86. The average Bonchev–Trinajstić information content (AvgIpc) is 2.49. The molecule has 0 aliphatic heterocycles. The van der Waals surface area contributed by atoms with Crippen molar-refractivity contribution in [3.63, 3.8) is 0 Å². The van der Waals surface area contributed by atoms with Crippen molar-refractivity contribution >= 4 is 18.0 Å². The van der Waals surface area contributed by atoms with Crippen LogP contribution in [0.25, 0.3) is 6.08 Å². The van der Waals surface area contributed by atoms with Crippen LogP contribution < -0.4 is 5.73 Å². The number of rotatable bonds is 5. The highest BCUT2D eigenvalue weighted by Crippen LogP contribution is 2.21. The van der Waals surface area contributed by atoms with Crippen LogP contribution in [0.2, 0.25) is 0 Å². The number of ether oxygens (including phenoxy) is 2. The number of esters is 2. The second-order valence-electron chi connectivity index (χ2n) is 5.88. The Balaban J connectivity index is 2.92. The van der Waals surface area contributed by atoms with E-state index >= 15 is 0 Å². The Morgan fingerprint density at radius 2 is 1.83 bits per heavy atom. The molecule has 0 heterocycles. The molecular weight excluding hydrogens is 294 g/mol. The Hall–Kier alpha value is -2.40. The van der Waals surface area contributed by atoms with Gasteiger partial charge in [0.05, 0.1) is 7.11 Å². The summed E-state index contributed by atoms with van der Waals surface area (Å²) in [6, 6.07) is 6.39. The van der Waals surface area contributed by atoms with Crippen LogP contribution in [-0.2, 0) is 19.1 Å². The SMILES string of the molecule is COC(=O)/C=C/C=C/c1ccccc1C(N)C(=O)OC(C)(C)C. The molecule has 0 spiro atoms. The average molecular weight is 317 g/mol. The number of benzene rings is 1. The van der Waals surface area contributed by atoms with Gasteiger partial charge in [-0.05, 0) is 31.9 Å². The van der Waals surface area contributed by atoms with Gasteiger partial charge in [0.1, 0.15) is 11.6 Å². The molecule has 1 aromatic rings. The maximum atomic E-state index is 12.1. The summed E-state index contributed by atoms with van der Waals surface area (Å²) >= 11 is 0. The number of hydrogen-bond donors (Lipinski definition) is 1. The third-order valence-corrected chi connectivity index (χ3v) is 2.81. The molecule has 1 rings (SSSR count). The molecule has 0 bridgehead atoms. The number of carbonyl (C=O) groups excluding carboxylic acids is 2. The maximum Gasteiger partial charge on any atom is 0.330 e. The van der Waals surface area contributed by atoms with Crippen LogP contribution in [-0.4, -0.2) is 24.6 Å². The van der Waals surface area contributed by atoms with E-state index in [1.807, 2.05) is 12.1 Å². The number of allylic oxidation sites excluding steroid dienone is 2. The second-order valence-corrected chi connectivity index (χ2v) is 5.88. The largest absolute Gasteiger partial charge is 0.466 e. The summed E-state index contributed by atoms with van der Waals surface area (Å²) in [5, 5.41) is 0. The van der Waals surface area contributed by atoms with Gasteiger partial charge in [0.25, 0.3) is 0 Å². The standard InChI is InChI=1S/C18H23NO4/c1-18(2,3)23-17(21)16(19)14-11-7-5-9-13(14)10-6-8-12-15(20)22-4/h5-12,16H,19H2,1-4H3/b10-6+,12-8+. The molecular formula is C18H23NO4. The zero-order chi connectivity index (χ0) is 17.5. The Kier molecular flexibility index (Phi) is 6.72. The molecule has 1 aromatic carbocycles. The van der Waals surface area contributed by atoms with E-state index in [1.54, 1.807) is 51.1 Å². The van der Waals surface area contributed by atoms with Crippen molar-refractivity contribution in [1.29, 1.82) is 0 Å². The van der Waals surface area contributed by atoms with Gasteiger partial charge in [-0.25, -0.2) is 9.59 Å². The third kappa shape index (κ3) is 6.48. The number of nitrogens with two attached hydrogens (primary N) is 1. The van der Waals surface area contributed by atoms with E-state index in [9.17, 15) is 9.59 Å². The third-order valence-electron chi connectivity index (χ3n) is 2.81. The topological polar surface area (TPSA) is 78.6 Å². The summed E-state index contributed by atoms with van der Waals surface area (Å²) in [6.07, 6.45) is 6.30. The van der Waals surface area contributed by atoms with Crippen LogP contribution >= 0.6 is 0 Å². The van der Waals surface area contributed by atoms with Crippen molar-refractivity contribution in [2.24, 2.45) is 5.73 Å². The molecule has 23 heavy (non-hydrogen) atoms.